The Morgan fingerprint density at radius 1 is 1.24 bits per heavy atom. The first-order valence-corrected chi connectivity index (χ1v) is 5.68. The Morgan fingerprint density at radius 2 is 2.00 bits per heavy atom. The van der Waals surface area contributed by atoms with E-state index in [0.29, 0.717) is 13.1 Å². The summed E-state index contributed by atoms with van der Waals surface area (Å²) in [7, 11) is 0. The van der Waals surface area contributed by atoms with Crippen LogP contribution in [0.25, 0.3) is 0 Å². The van der Waals surface area contributed by atoms with E-state index in [1.807, 2.05) is 43.3 Å². The molecule has 1 atom stereocenters. The molecule has 1 aromatic carbocycles. The van der Waals surface area contributed by atoms with Crippen LogP contribution in [0.1, 0.15) is 18.1 Å². The molecular weight excluding hydrogens is 214 g/mol. The Bertz CT molecular complexity index is 435. The molecule has 0 fully saturated rings. The first kappa shape index (κ1) is 11.9. The first-order chi connectivity index (χ1) is 8.18. The molecule has 1 unspecified atom stereocenters. The smallest absolute Gasteiger partial charge is 0.0992 e. The van der Waals surface area contributed by atoms with Crippen LogP contribution in [-0.4, -0.2) is 11.7 Å². The molecule has 0 aliphatic carbocycles. The molecule has 0 radical (unpaired) electrons. The summed E-state index contributed by atoms with van der Waals surface area (Å²) in [6.07, 6.45) is 3.34. The molecule has 3 nitrogen and oxygen atoms in total. The molecule has 0 saturated heterocycles. The van der Waals surface area contributed by atoms with Crippen LogP contribution in [0.15, 0.2) is 53.3 Å². The molecule has 0 aliphatic rings. The average molecular weight is 231 g/mol. The van der Waals surface area contributed by atoms with E-state index in [4.69, 9.17) is 4.42 Å². The van der Waals surface area contributed by atoms with Gasteiger partial charge in [0.25, 0.3) is 0 Å². The van der Waals surface area contributed by atoms with Crippen molar-refractivity contribution in [3.63, 3.8) is 0 Å². The molecule has 2 aromatic rings. The van der Waals surface area contributed by atoms with E-state index in [0.717, 1.165) is 11.1 Å². The van der Waals surface area contributed by atoms with Crippen LogP contribution < -0.4 is 5.32 Å². The van der Waals surface area contributed by atoms with Gasteiger partial charge in [0.1, 0.15) is 0 Å². The quantitative estimate of drug-likeness (QED) is 0.829. The minimum atomic E-state index is -0.856. The predicted octanol–water partition coefficient (Wildman–Crippen LogP) is 2.28. The number of furan rings is 1. The highest BCUT2D eigenvalue weighted by Gasteiger charge is 2.21. The summed E-state index contributed by atoms with van der Waals surface area (Å²) >= 11 is 0. The van der Waals surface area contributed by atoms with Crippen molar-refractivity contribution in [2.75, 3.05) is 6.54 Å². The van der Waals surface area contributed by atoms with Gasteiger partial charge in [0.2, 0.25) is 0 Å². The molecule has 0 amide bonds. The van der Waals surface area contributed by atoms with Gasteiger partial charge in [0.15, 0.2) is 0 Å². The molecule has 0 saturated carbocycles. The molecule has 0 spiro atoms. The number of hydrogen-bond acceptors (Lipinski definition) is 3. The largest absolute Gasteiger partial charge is 0.472 e. The van der Waals surface area contributed by atoms with Crippen molar-refractivity contribution in [1.82, 2.24) is 5.32 Å². The maximum Gasteiger partial charge on any atom is 0.0992 e. The summed E-state index contributed by atoms with van der Waals surface area (Å²) in [4.78, 5) is 0. The topological polar surface area (TPSA) is 45.4 Å². The molecule has 0 bridgehead atoms. The van der Waals surface area contributed by atoms with Gasteiger partial charge in [-0.15, -0.1) is 0 Å². The van der Waals surface area contributed by atoms with Crippen LogP contribution in [0.2, 0.25) is 0 Å². The van der Waals surface area contributed by atoms with Crippen LogP contribution in [0.4, 0.5) is 0 Å². The lowest BCUT2D eigenvalue weighted by atomic mass is 9.96. The lowest BCUT2D eigenvalue weighted by molar-refractivity contribution is 0.0566. The van der Waals surface area contributed by atoms with E-state index in [9.17, 15) is 5.11 Å². The Morgan fingerprint density at radius 3 is 2.65 bits per heavy atom. The first-order valence-electron chi connectivity index (χ1n) is 5.68. The van der Waals surface area contributed by atoms with Crippen molar-refractivity contribution in [3.05, 3.63) is 60.1 Å². The van der Waals surface area contributed by atoms with E-state index < -0.39 is 5.60 Å². The summed E-state index contributed by atoms with van der Waals surface area (Å²) in [6.45, 7) is 3.01. The zero-order chi connectivity index (χ0) is 12.1. The summed E-state index contributed by atoms with van der Waals surface area (Å²) in [5.41, 5.74) is 1.14. The maximum absolute atomic E-state index is 10.3. The van der Waals surface area contributed by atoms with E-state index in [1.165, 1.54) is 0 Å². The molecule has 2 N–H and O–H groups in total. The van der Waals surface area contributed by atoms with Crippen molar-refractivity contribution in [2.45, 2.75) is 19.1 Å². The fourth-order valence-corrected chi connectivity index (χ4v) is 1.74. The van der Waals surface area contributed by atoms with Gasteiger partial charge in [-0.1, -0.05) is 30.3 Å². The number of benzene rings is 1. The molecule has 3 heteroatoms. The molecular formula is C14H17NO2. The highest BCUT2D eigenvalue weighted by Crippen LogP contribution is 2.19. The summed E-state index contributed by atoms with van der Waals surface area (Å²) in [5, 5.41) is 13.5. The fourth-order valence-electron chi connectivity index (χ4n) is 1.74. The van der Waals surface area contributed by atoms with Crippen molar-refractivity contribution in [3.8, 4) is 0 Å². The van der Waals surface area contributed by atoms with E-state index in [-0.39, 0.29) is 0 Å². The monoisotopic (exact) mass is 231 g/mol. The summed E-state index contributed by atoms with van der Waals surface area (Å²) in [5.74, 6) is 0. The molecule has 1 aromatic heterocycles. The Balaban J connectivity index is 1.90. The third kappa shape index (κ3) is 3.19. The van der Waals surface area contributed by atoms with Gasteiger partial charge in [-0.05, 0) is 18.6 Å². The minimum Gasteiger partial charge on any atom is -0.472 e. The van der Waals surface area contributed by atoms with Gasteiger partial charge >= 0.3 is 0 Å². The van der Waals surface area contributed by atoms with Crippen molar-refractivity contribution >= 4 is 0 Å². The second-order valence-corrected chi connectivity index (χ2v) is 4.38. The Labute approximate surface area is 101 Å². The average Bonchev–Trinajstić information content (AvgIpc) is 2.83. The van der Waals surface area contributed by atoms with Gasteiger partial charge in [0, 0.05) is 18.7 Å². The van der Waals surface area contributed by atoms with E-state index >= 15 is 0 Å². The second-order valence-electron chi connectivity index (χ2n) is 4.38. The van der Waals surface area contributed by atoms with Crippen LogP contribution in [0.5, 0.6) is 0 Å². The standard InChI is InChI=1S/C14H17NO2/c1-14(16,13-5-3-2-4-6-13)11-15-9-12-7-8-17-10-12/h2-8,10,15-16H,9,11H2,1H3. The van der Waals surface area contributed by atoms with E-state index in [2.05, 4.69) is 5.32 Å². The minimum absolute atomic E-state index is 0.502. The zero-order valence-corrected chi connectivity index (χ0v) is 9.89. The number of hydrogen-bond donors (Lipinski definition) is 2. The molecule has 17 heavy (non-hydrogen) atoms. The van der Waals surface area contributed by atoms with Gasteiger partial charge in [-0.2, -0.15) is 0 Å². The van der Waals surface area contributed by atoms with Crippen LogP contribution in [-0.2, 0) is 12.1 Å². The predicted molar refractivity (Wildman–Crippen MR) is 66.4 cm³/mol. The van der Waals surface area contributed by atoms with Gasteiger partial charge < -0.3 is 14.8 Å². The third-order valence-electron chi connectivity index (χ3n) is 2.77. The number of nitrogens with one attached hydrogen (secondary N) is 1. The van der Waals surface area contributed by atoms with Crippen LogP contribution >= 0.6 is 0 Å². The number of rotatable bonds is 5. The molecule has 90 valence electrons. The number of aliphatic hydroxyl groups is 1. The third-order valence-corrected chi connectivity index (χ3v) is 2.77. The molecule has 2 rings (SSSR count). The van der Waals surface area contributed by atoms with E-state index in [1.54, 1.807) is 12.5 Å². The van der Waals surface area contributed by atoms with Crippen molar-refractivity contribution < 1.29 is 9.52 Å². The Hall–Kier alpha value is -1.58. The highest BCUT2D eigenvalue weighted by atomic mass is 16.3. The zero-order valence-electron chi connectivity index (χ0n) is 9.89. The maximum atomic E-state index is 10.3. The second kappa shape index (κ2) is 5.17. The van der Waals surface area contributed by atoms with Gasteiger partial charge in [0.05, 0.1) is 18.1 Å². The van der Waals surface area contributed by atoms with Crippen molar-refractivity contribution in [1.29, 1.82) is 0 Å². The normalized spacial score (nSPS) is 14.5. The summed E-state index contributed by atoms with van der Waals surface area (Å²) in [6, 6.07) is 11.6. The lowest BCUT2D eigenvalue weighted by Gasteiger charge is -2.24. The lowest BCUT2D eigenvalue weighted by Crippen LogP contribution is -2.35. The summed E-state index contributed by atoms with van der Waals surface area (Å²) < 4.78 is 4.98. The Kier molecular flexibility index (Phi) is 3.61. The molecule has 1 heterocycles. The van der Waals surface area contributed by atoms with Gasteiger partial charge in [-0.3, -0.25) is 0 Å². The van der Waals surface area contributed by atoms with Gasteiger partial charge in [-0.25, -0.2) is 0 Å². The highest BCUT2D eigenvalue weighted by molar-refractivity contribution is 5.21. The SMILES string of the molecule is CC(O)(CNCc1ccoc1)c1ccccc1. The van der Waals surface area contributed by atoms with Crippen LogP contribution in [0, 0.1) is 0 Å². The molecule has 0 aliphatic heterocycles. The fraction of sp³-hybridized carbons (Fsp3) is 0.286. The van der Waals surface area contributed by atoms with Crippen LogP contribution in [0.3, 0.4) is 0 Å². The van der Waals surface area contributed by atoms with Crippen molar-refractivity contribution in [2.24, 2.45) is 0 Å².